The molecule has 29 heavy (non-hydrogen) atoms. The van der Waals surface area contributed by atoms with Crippen molar-refractivity contribution in [2.45, 2.75) is 11.9 Å². The van der Waals surface area contributed by atoms with Gasteiger partial charge in [-0.05, 0) is 23.8 Å². The predicted molar refractivity (Wildman–Crippen MR) is 97.9 cm³/mol. The van der Waals surface area contributed by atoms with Crippen LogP contribution < -0.4 is 11.1 Å². The SMILES string of the molecule is Nc1cc(C(=O)OCC(F)(F)S(=O)(=O)O)ccc1NC(=O)OCc1ccccc1. The molecular weight excluding hydrogens is 414 g/mol. The van der Waals surface area contributed by atoms with Crippen molar-refractivity contribution in [3.05, 3.63) is 59.7 Å². The van der Waals surface area contributed by atoms with E-state index in [1.165, 1.54) is 6.07 Å². The highest BCUT2D eigenvalue weighted by Crippen LogP contribution is 2.23. The minimum absolute atomic E-state index is 0.0129. The number of benzene rings is 2. The van der Waals surface area contributed by atoms with E-state index >= 15 is 0 Å². The maximum atomic E-state index is 13.1. The Morgan fingerprint density at radius 2 is 1.76 bits per heavy atom. The molecule has 1 amide bonds. The third-order valence-corrected chi connectivity index (χ3v) is 4.36. The van der Waals surface area contributed by atoms with Gasteiger partial charge in [-0.25, -0.2) is 9.59 Å². The van der Waals surface area contributed by atoms with Gasteiger partial charge in [0, 0.05) is 0 Å². The average molecular weight is 430 g/mol. The normalized spacial score (nSPS) is 11.6. The summed E-state index contributed by atoms with van der Waals surface area (Å²) in [7, 11) is -5.73. The second-order valence-electron chi connectivity index (χ2n) is 5.68. The van der Waals surface area contributed by atoms with Gasteiger partial charge in [0.2, 0.25) is 0 Å². The minimum atomic E-state index is -5.73. The molecule has 0 saturated heterocycles. The van der Waals surface area contributed by atoms with E-state index in [-0.39, 0.29) is 23.5 Å². The molecule has 0 bridgehead atoms. The van der Waals surface area contributed by atoms with E-state index in [1.54, 1.807) is 30.3 Å². The molecule has 12 heteroatoms. The molecule has 0 aliphatic carbocycles. The molecule has 156 valence electrons. The van der Waals surface area contributed by atoms with Gasteiger partial charge in [0.25, 0.3) is 0 Å². The summed E-state index contributed by atoms with van der Waals surface area (Å²) in [6.07, 6.45) is -0.816. The number of esters is 1. The lowest BCUT2D eigenvalue weighted by Crippen LogP contribution is -2.34. The van der Waals surface area contributed by atoms with Crippen molar-refractivity contribution in [2.24, 2.45) is 0 Å². The van der Waals surface area contributed by atoms with E-state index in [0.717, 1.165) is 17.7 Å². The number of carbonyl (C=O) groups excluding carboxylic acids is 2. The molecule has 0 heterocycles. The first kappa shape index (κ1) is 22.0. The van der Waals surface area contributed by atoms with Gasteiger partial charge < -0.3 is 15.2 Å². The summed E-state index contributed by atoms with van der Waals surface area (Å²) >= 11 is 0. The predicted octanol–water partition coefficient (Wildman–Crippen LogP) is 2.65. The molecule has 4 N–H and O–H groups in total. The summed E-state index contributed by atoms with van der Waals surface area (Å²) in [6, 6.07) is 12.2. The van der Waals surface area contributed by atoms with E-state index in [0.29, 0.717) is 0 Å². The number of rotatable bonds is 7. The van der Waals surface area contributed by atoms with Gasteiger partial charge in [-0.1, -0.05) is 30.3 Å². The number of nitrogens with two attached hydrogens (primary N) is 1. The molecule has 0 spiro atoms. The van der Waals surface area contributed by atoms with Crippen molar-refractivity contribution < 1.29 is 40.8 Å². The van der Waals surface area contributed by atoms with Crippen LogP contribution in [0.2, 0.25) is 0 Å². The first-order valence-corrected chi connectivity index (χ1v) is 9.33. The van der Waals surface area contributed by atoms with Crippen LogP contribution in [0, 0.1) is 0 Å². The van der Waals surface area contributed by atoms with E-state index in [4.69, 9.17) is 15.0 Å². The summed E-state index contributed by atoms with van der Waals surface area (Å²) in [5, 5.41) is -2.30. The van der Waals surface area contributed by atoms with E-state index in [2.05, 4.69) is 10.1 Å². The fraction of sp³-hybridized carbons (Fsp3) is 0.176. The Kier molecular flexibility index (Phi) is 6.72. The summed E-state index contributed by atoms with van der Waals surface area (Å²) in [5.74, 6) is -1.31. The second-order valence-corrected chi connectivity index (χ2v) is 7.22. The van der Waals surface area contributed by atoms with Gasteiger partial charge in [0.15, 0.2) is 6.61 Å². The van der Waals surface area contributed by atoms with Gasteiger partial charge in [0.05, 0.1) is 16.9 Å². The first-order chi connectivity index (χ1) is 13.5. The van der Waals surface area contributed by atoms with Crippen molar-refractivity contribution in [1.82, 2.24) is 0 Å². The van der Waals surface area contributed by atoms with Crippen LogP contribution in [0.4, 0.5) is 25.0 Å². The number of nitrogen functional groups attached to an aromatic ring is 1. The van der Waals surface area contributed by atoms with Crippen molar-refractivity contribution in [1.29, 1.82) is 0 Å². The number of hydrogen-bond donors (Lipinski definition) is 3. The number of hydrogen-bond acceptors (Lipinski definition) is 7. The Bertz CT molecular complexity index is 998. The zero-order valence-corrected chi connectivity index (χ0v) is 15.5. The lowest BCUT2D eigenvalue weighted by molar-refractivity contribution is -0.00949. The molecule has 0 radical (unpaired) electrons. The van der Waals surface area contributed by atoms with E-state index in [9.17, 15) is 26.8 Å². The fourth-order valence-corrected chi connectivity index (χ4v) is 2.19. The summed E-state index contributed by atoms with van der Waals surface area (Å²) < 4.78 is 64.7. The number of anilines is 2. The van der Waals surface area contributed by atoms with Gasteiger partial charge in [-0.2, -0.15) is 17.2 Å². The number of nitrogens with one attached hydrogen (secondary N) is 1. The van der Waals surface area contributed by atoms with E-state index < -0.39 is 34.0 Å². The largest absolute Gasteiger partial charge is 0.454 e. The van der Waals surface area contributed by atoms with Crippen LogP contribution in [0.1, 0.15) is 15.9 Å². The number of halogens is 2. The standard InChI is InChI=1S/C17H16F2N2O7S/c18-17(19,29(24,25)26)10-28-15(22)12-6-7-14(13(20)8-12)21-16(23)27-9-11-4-2-1-3-5-11/h1-8H,9-10,20H2,(H,21,23)(H,24,25,26). The molecule has 9 nitrogen and oxygen atoms in total. The molecule has 0 aliphatic rings. The number of carbonyl (C=O) groups is 2. The van der Waals surface area contributed by atoms with Gasteiger partial charge >= 0.3 is 27.4 Å². The Hall–Kier alpha value is -3.25. The number of amides is 1. The summed E-state index contributed by atoms with van der Waals surface area (Å²) in [4.78, 5) is 23.6. The number of alkyl halides is 2. The monoisotopic (exact) mass is 430 g/mol. The molecular formula is C17H16F2N2O7S. The molecule has 2 aromatic rings. The molecule has 0 fully saturated rings. The molecule has 0 saturated carbocycles. The highest BCUT2D eigenvalue weighted by molar-refractivity contribution is 7.86. The lowest BCUT2D eigenvalue weighted by atomic mass is 10.2. The minimum Gasteiger partial charge on any atom is -0.454 e. The third-order valence-electron chi connectivity index (χ3n) is 3.49. The Morgan fingerprint density at radius 3 is 2.34 bits per heavy atom. The van der Waals surface area contributed by atoms with Crippen molar-refractivity contribution >= 4 is 33.6 Å². The maximum absolute atomic E-state index is 13.1. The van der Waals surface area contributed by atoms with Crippen LogP contribution >= 0.6 is 0 Å². The average Bonchev–Trinajstić information content (AvgIpc) is 2.66. The van der Waals surface area contributed by atoms with Crippen LogP contribution in [0.25, 0.3) is 0 Å². The Labute approximate surface area is 164 Å². The van der Waals surface area contributed by atoms with Gasteiger partial charge in [-0.15, -0.1) is 0 Å². The van der Waals surface area contributed by atoms with Gasteiger partial charge in [0.1, 0.15) is 6.61 Å². The smallest absolute Gasteiger partial charge is 0.412 e. The zero-order chi connectivity index (χ0) is 21.7. The van der Waals surface area contributed by atoms with Crippen LogP contribution in [0.15, 0.2) is 48.5 Å². The van der Waals surface area contributed by atoms with Crippen molar-refractivity contribution in [3.8, 4) is 0 Å². The lowest BCUT2D eigenvalue weighted by Gasteiger charge is -2.14. The van der Waals surface area contributed by atoms with Crippen molar-refractivity contribution in [2.75, 3.05) is 17.7 Å². The fourth-order valence-electron chi connectivity index (χ4n) is 1.98. The number of ether oxygens (including phenoxy) is 2. The van der Waals surface area contributed by atoms with Gasteiger partial charge in [-0.3, -0.25) is 9.87 Å². The van der Waals surface area contributed by atoms with Crippen LogP contribution in [0.5, 0.6) is 0 Å². The van der Waals surface area contributed by atoms with Crippen molar-refractivity contribution in [3.63, 3.8) is 0 Å². The third kappa shape index (κ3) is 6.12. The van der Waals surface area contributed by atoms with Crippen LogP contribution in [-0.2, 0) is 26.2 Å². The molecule has 2 rings (SSSR count). The molecule has 0 aliphatic heterocycles. The quantitative estimate of drug-likeness (QED) is 0.345. The van der Waals surface area contributed by atoms with Crippen LogP contribution in [-0.4, -0.2) is 36.9 Å². The topological polar surface area (TPSA) is 145 Å². The molecule has 0 aromatic heterocycles. The molecule has 0 atom stereocenters. The zero-order valence-electron chi connectivity index (χ0n) is 14.7. The first-order valence-electron chi connectivity index (χ1n) is 7.89. The summed E-state index contributed by atoms with van der Waals surface area (Å²) in [5.41, 5.74) is 6.17. The highest BCUT2D eigenvalue weighted by Gasteiger charge is 2.45. The highest BCUT2D eigenvalue weighted by atomic mass is 32.2. The van der Waals surface area contributed by atoms with Crippen LogP contribution in [0.3, 0.4) is 0 Å². The van der Waals surface area contributed by atoms with E-state index in [1.807, 2.05) is 0 Å². The molecule has 0 unspecified atom stereocenters. The maximum Gasteiger partial charge on any atom is 0.412 e. The Balaban J connectivity index is 1.95. The second kappa shape index (κ2) is 8.84. The Morgan fingerprint density at radius 1 is 1.10 bits per heavy atom. The summed E-state index contributed by atoms with van der Waals surface area (Å²) in [6.45, 7) is -1.87. The molecule has 2 aromatic carbocycles.